The van der Waals surface area contributed by atoms with Crippen molar-refractivity contribution in [3.8, 4) is 22.6 Å². The molecule has 2 aromatic carbocycles. The Hall–Kier alpha value is -3.27. The van der Waals surface area contributed by atoms with Crippen LogP contribution in [0.3, 0.4) is 0 Å². The molecule has 1 atom stereocenters. The van der Waals surface area contributed by atoms with Gasteiger partial charge in [0.2, 0.25) is 5.91 Å². The number of hydrogen-bond donors (Lipinski definition) is 2. The third-order valence-electron chi connectivity index (χ3n) is 5.36. The van der Waals surface area contributed by atoms with Gasteiger partial charge in [-0.2, -0.15) is 5.10 Å². The molecule has 1 aromatic heterocycles. The number of benzene rings is 2. The Morgan fingerprint density at radius 1 is 1.12 bits per heavy atom. The van der Waals surface area contributed by atoms with Gasteiger partial charge in [0.1, 0.15) is 11.9 Å². The summed E-state index contributed by atoms with van der Waals surface area (Å²) < 4.78 is 17.6. The van der Waals surface area contributed by atoms with E-state index >= 15 is 0 Å². The Labute approximate surface area is 205 Å². The fourth-order valence-electron chi connectivity index (χ4n) is 3.82. The molecule has 9 nitrogen and oxygen atoms in total. The lowest BCUT2D eigenvalue weighted by Crippen LogP contribution is -2.24. The lowest BCUT2D eigenvalue weighted by atomic mass is 10.0. The minimum Gasteiger partial charge on any atom is -0.493 e. The van der Waals surface area contributed by atoms with Gasteiger partial charge in [0.05, 0.1) is 49.2 Å². The lowest BCUT2D eigenvalue weighted by Gasteiger charge is -2.11. The van der Waals surface area contributed by atoms with Gasteiger partial charge in [0, 0.05) is 12.1 Å². The predicted molar refractivity (Wildman–Crippen MR) is 129 cm³/mol. The molecule has 2 amide bonds. The van der Waals surface area contributed by atoms with E-state index in [1.807, 2.05) is 6.07 Å². The number of halogens is 2. The molecule has 2 N–H and O–H groups in total. The number of methoxy groups -OCH3 is 3. The van der Waals surface area contributed by atoms with Crippen LogP contribution in [0.15, 0.2) is 36.4 Å². The molecule has 3 aromatic rings. The van der Waals surface area contributed by atoms with E-state index in [-0.39, 0.29) is 18.9 Å². The molecule has 11 heteroatoms. The molecule has 1 unspecified atom stereocenters. The van der Waals surface area contributed by atoms with Crippen LogP contribution >= 0.6 is 23.2 Å². The maximum Gasteiger partial charge on any atom is 0.251 e. The molecule has 0 saturated carbocycles. The maximum atomic E-state index is 12.8. The summed E-state index contributed by atoms with van der Waals surface area (Å²) in [6, 6.07) is 9.31. The average molecular weight is 505 g/mol. The monoisotopic (exact) mass is 504 g/mol. The maximum absolute atomic E-state index is 12.8. The van der Waals surface area contributed by atoms with Crippen molar-refractivity contribution in [3.05, 3.63) is 52.1 Å². The first kappa shape index (κ1) is 23.9. The Balaban J connectivity index is 1.65. The topological polar surface area (TPSA) is 104 Å². The molecule has 4 rings (SSSR count). The number of amides is 2. The first-order chi connectivity index (χ1) is 16.4. The quantitative estimate of drug-likeness (QED) is 0.466. The first-order valence-electron chi connectivity index (χ1n) is 10.2. The van der Waals surface area contributed by atoms with Crippen LogP contribution in [-0.2, 0) is 20.9 Å². The molecule has 0 fully saturated rings. The molecule has 1 aliphatic heterocycles. The first-order valence-corrected chi connectivity index (χ1v) is 11.0. The largest absolute Gasteiger partial charge is 0.493 e. The second-order valence-electron chi connectivity index (χ2n) is 7.50. The summed E-state index contributed by atoms with van der Waals surface area (Å²) in [6.45, 7) is 0.207. The number of hydrogen-bond acceptors (Lipinski definition) is 6. The number of rotatable bonds is 8. The van der Waals surface area contributed by atoms with E-state index in [4.69, 9.17) is 37.4 Å². The molecule has 0 bridgehead atoms. The van der Waals surface area contributed by atoms with Crippen LogP contribution in [0, 0.1) is 0 Å². The predicted octanol–water partition coefficient (Wildman–Crippen LogP) is 4.54. The third kappa shape index (κ3) is 4.54. The second kappa shape index (κ2) is 9.92. The van der Waals surface area contributed by atoms with Crippen molar-refractivity contribution < 1.29 is 23.8 Å². The van der Waals surface area contributed by atoms with E-state index in [0.29, 0.717) is 44.3 Å². The molecule has 34 heavy (non-hydrogen) atoms. The van der Waals surface area contributed by atoms with Gasteiger partial charge >= 0.3 is 0 Å². The van der Waals surface area contributed by atoms with Gasteiger partial charge in [0.15, 0.2) is 11.5 Å². The second-order valence-corrected chi connectivity index (χ2v) is 8.34. The highest BCUT2D eigenvalue weighted by Gasteiger charge is 2.37. The molecule has 2 heterocycles. The van der Waals surface area contributed by atoms with Gasteiger partial charge in [-0.15, -0.1) is 0 Å². The Kier molecular flexibility index (Phi) is 6.97. The van der Waals surface area contributed by atoms with Crippen molar-refractivity contribution >= 4 is 46.5 Å². The number of nitrogens with one attached hydrogen (secondary N) is 2. The minimum absolute atomic E-state index is 0.142. The van der Waals surface area contributed by atoms with Gasteiger partial charge in [-0.3, -0.25) is 9.59 Å². The fraction of sp³-hybridized carbons (Fsp3) is 0.261. The summed E-state index contributed by atoms with van der Waals surface area (Å²) in [7, 11) is 4.66. The highest BCUT2D eigenvalue weighted by atomic mass is 35.5. The number of carbonyl (C=O) groups excluding carboxylic acids is 2. The number of ether oxygens (including phenoxy) is 3. The molecule has 178 valence electrons. The Bertz CT molecular complexity index is 1260. The van der Waals surface area contributed by atoms with Crippen LogP contribution in [0.1, 0.15) is 18.2 Å². The Morgan fingerprint density at radius 2 is 1.88 bits per heavy atom. The van der Waals surface area contributed by atoms with Crippen molar-refractivity contribution in [1.29, 1.82) is 0 Å². The zero-order chi connectivity index (χ0) is 24.4. The Morgan fingerprint density at radius 3 is 2.56 bits per heavy atom. The SMILES string of the molecule is COCc1nn2c(c1-c1ccc(OC)c(OC)c1)NC(=O)C2CC(=O)Nc1ccc(Cl)cc1Cl. The number of anilines is 2. The summed E-state index contributed by atoms with van der Waals surface area (Å²) in [5, 5.41) is 10.9. The fourth-order valence-corrected chi connectivity index (χ4v) is 4.27. The minimum atomic E-state index is -0.842. The van der Waals surface area contributed by atoms with Gasteiger partial charge in [-0.1, -0.05) is 29.3 Å². The third-order valence-corrected chi connectivity index (χ3v) is 5.91. The molecule has 0 spiro atoms. The van der Waals surface area contributed by atoms with Gasteiger partial charge in [-0.05, 0) is 35.9 Å². The molecule has 0 saturated heterocycles. The molecule has 0 radical (unpaired) electrons. The zero-order valence-electron chi connectivity index (χ0n) is 18.6. The number of carbonyl (C=O) groups is 2. The van der Waals surface area contributed by atoms with Crippen molar-refractivity contribution in [1.82, 2.24) is 9.78 Å². The standard InChI is InChI=1S/C23H22Cl2N4O5/c1-32-11-16-21(12-4-7-18(33-2)19(8-12)34-3)22-27-23(31)17(29(22)28-16)10-20(30)26-15-6-5-13(24)9-14(15)25/h4-9,17H,10-11H2,1-3H3,(H,26,30)(H,27,31). The van der Waals surface area contributed by atoms with Crippen molar-refractivity contribution in [2.24, 2.45) is 0 Å². The van der Waals surface area contributed by atoms with E-state index in [2.05, 4.69) is 15.7 Å². The van der Waals surface area contributed by atoms with E-state index < -0.39 is 11.9 Å². The van der Waals surface area contributed by atoms with Gasteiger partial charge in [-0.25, -0.2) is 4.68 Å². The molecular weight excluding hydrogens is 483 g/mol. The van der Waals surface area contributed by atoms with Gasteiger partial charge in [0.25, 0.3) is 5.91 Å². The van der Waals surface area contributed by atoms with Crippen LogP contribution in [0.5, 0.6) is 11.5 Å². The van der Waals surface area contributed by atoms with E-state index in [1.165, 1.54) is 10.7 Å². The van der Waals surface area contributed by atoms with Crippen molar-refractivity contribution in [2.75, 3.05) is 32.0 Å². The highest BCUT2D eigenvalue weighted by Crippen LogP contribution is 2.41. The van der Waals surface area contributed by atoms with Crippen molar-refractivity contribution in [2.45, 2.75) is 19.1 Å². The number of nitrogens with zero attached hydrogens (tertiary/aromatic N) is 2. The average Bonchev–Trinajstić information content (AvgIpc) is 3.30. The van der Waals surface area contributed by atoms with E-state index in [1.54, 1.807) is 45.6 Å². The molecular formula is C23H22Cl2N4O5. The molecule has 0 aliphatic carbocycles. The van der Waals surface area contributed by atoms with Gasteiger partial charge < -0.3 is 24.8 Å². The smallest absolute Gasteiger partial charge is 0.251 e. The van der Waals surface area contributed by atoms with Crippen LogP contribution in [0.2, 0.25) is 10.0 Å². The zero-order valence-corrected chi connectivity index (χ0v) is 20.2. The lowest BCUT2D eigenvalue weighted by molar-refractivity contribution is -0.123. The van der Waals surface area contributed by atoms with Crippen LogP contribution in [0.4, 0.5) is 11.5 Å². The van der Waals surface area contributed by atoms with Crippen molar-refractivity contribution in [3.63, 3.8) is 0 Å². The summed E-state index contributed by atoms with van der Waals surface area (Å²) in [6.07, 6.45) is -0.142. The number of aromatic nitrogens is 2. The van der Waals surface area contributed by atoms with E-state index in [0.717, 1.165) is 5.56 Å². The summed E-state index contributed by atoms with van der Waals surface area (Å²) >= 11 is 12.1. The highest BCUT2D eigenvalue weighted by molar-refractivity contribution is 6.36. The van der Waals surface area contributed by atoms with E-state index in [9.17, 15) is 9.59 Å². The summed E-state index contributed by atoms with van der Waals surface area (Å²) in [5.41, 5.74) is 2.45. The summed E-state index contributed by atoms with van der Waals surface area (Å²) in [4.78, 5) is 25.5. The van der Waals surface area contributed by atoms with Crippen LogP contribution in [-0.4, -0.2) is 42.9 Å². The normalized spacial score (nSPS) is 14.5. The van der Waals surface area contributed by atoms with Crippen LogP contribution in [0.25, 0.3) is 11.1 Å². The number of fused-ring (bicyclic) bond motifs is 1. The van der Waals surface area contributed by atoms with Crippen LogP contribution < -0.4 is 20.1 Å². The molecule has 1 aliphatic rings. The summed E-state index contributed by atoms with van der Waals surface area (Å²) in [5.74, 6) is 0.844.